The minimum atomic E-state index is 0.414. The van der Waals surface area contributed by atoms with Crippen LogP contribution < -0.4 is 10.5 Å². The van der Waals surface area contributed by atoms with Gasteiger partial charge in [-0.25, -0.2) is 0 Å². The molecule has 2 aromatic carbocycles. The van der Waals surface area contributed by atoms with E-state index in [9.17, 15) is 0 Å². The van der Waals surface area contributed by atoms with Crippen molar-refractivity contribution in [2.75, 3.05) is 13.2 Å². The molecular weight excluding hydrogens is 282 g/mol. The molecule has 0 bridgehead atoms. The first kappa shape index (κ1) is 17.6. The Balaban J connectivity index is 1.84. The van der Waals surface area contributed by atoms with Crippen molar-refractivity contribution in [3.8, 4) is 5.75 Å². The van der Waals surface area contributed by atoms with Gasteiger partial charge in [0.15, 0.2) is 0 Å². The minimum absolute atomic E-state index is 0.414. The second kappa shape index (κ2) is 8.73. The molecule has 1 atom stereocenters. The summed E-state index contributed by atoms with van der Waals surface area (Å²) in [6, 6.07) is 17.1. The smallest absolute Gasteiger partial charge is 0.122 e. The van der Waals surface area contributed by atoms with E-state index in [4.69, 9.17) is 10.5 Å². The lowest BCUT2D eigenvalue weighted by atomic mass is 9.92. The van der Waals surface area contributed by atoms with Crippen LogP contribution in [0.15, 0.2) is 48.5 Å². The van der Waals surface area contributed by atoms with E-state index in [1.54, 1.807) is 0 Å². The van der Waals surface area contributed by atoms with Crippen molar-refractivity contribution in [3.63, 3.8) is 0 Å². The molecule has 0 aliphatic heterocycles. The van der Waals surface area contributed by atoms with Crippen molar-refractivity contribution in [2.45, 2.75) is 45.4 Å². The second-order valence-electron chi connectivity index (χ2n) is 6.51. The lowest BCUT2D eigenvalue weighted by Gasteiger charge is -2.17. The quantitative estimate of drug-likeness (QED) is 0.695. The van der Waals surface area contributed by atoms with Gasteiger partial charge in [-0.3, -0.25) is 0 Å². The van der Waals surface area contributed by atoms with E-state index in [0.29, 0.717) is 18.4 Å². The van der Waals surface area contributed by atoms with Gasteiger partial charge in [0.05, 0.1) is 6.61 Å². The summed E-state index contributed by atoms with van der Waals surface area (Å²) in [7, 11) is 0. The second-order valence-corrected chi connectivity index (χ2v) is 6.51. The average molecular weight is 311 g/mol. The van der Waals surface area contributed by atoms with Crippen LogP contribution in [0.5, 0.6) is 5.75 Å². The van der Waals surface area contributed by atoms with Gasteiger partial charge >= 0.3 is 0 Å². The van der Waals surface area contributed by atoms with Crippen LogP contribution in [-0.4, -0.2) is 13.2 Å². The molecule has 0 heterocycles. The number of nitrogens with two attached hydrogens (primary N) is 1. The van der Waals surface area contributed by atoms with Crippen molar-refractivity contribution in [3.05, 3.63) is 65.2 Å². The molecule has 0 aromatic heterocycles. The van der Waals surface area contributed by atoms with E-state index in [1.165, 1.54) is 16.7 Å². The summed E-state index contributed by atoms with van der Waals surface area (Å²) in [5.74, 6) is 1.97. The Kier molecular flexibility index (Phi) is 6.66. The number of para-hydroxylation sites is 1. The molecule has 0 spiro atoms. The molecule has 2 rings (SSSR count). The number of hydrogen-bond acceptors (Lipinski definition) is 2. The zero-order chi connectivity index (χ0) is 16.7. The number of rotatable bonds is 8. The van der Waals surface area contributed by atoms with E-state index < -0.39 is 0 Å². The standard InChI is InChI=1S/C21H29NO/c1-16(2)18-10-12-19(13-11-18)20(15-22)8-6-14-23-21-9-5-4-7-17(21)3/h4-5,7,9-13,16,20H,6,8,14-15,22H2,1-3H3. The predicted molar refractivity (Wildman–Crippen MR) is 98.2 cm³/mol. The molecule has 0 fully saturated rings. The average Bonchev–Trinajstić information content (AvgIpc) is 2.56. The first-order valence-electron chi connectivity index (χ1n) is 8.60. The maximum atomic E-state index is 5.98. The fourth-order valence-electron chi connectivity index (χ4n) is 2.80. The van der Waals surface area contributed by atoms with Crippen LogP contribution >= 0.6 is 0 Å². The Labute approximate surface area is 140 Å². The minimum Gasteiger partial charge on any atom is -0.493 e. The van der Waals surface area contributed by atoms with Crippen molar-refractivity contribution in [2.24, 2.45) is 5.73 Å². The van der Waals surface area contributed by atoms with Crippen molar-refractivity contribution >= 4 is 0 Å². The normalized spacial score (nSPS) is 12.4. The molecule has 23 heavy (non-hydrogen) atoms. The van der Waals surface area contributed by atoms with Crippen LogP contribution in [0.25, 0.3) is 0 Å². The highest BCUT2D eigenvalue weighted by Crippen LogP contribution is 2.23. The van der Waals surface area contributed by atoms with Crippen molar-refractivity contribution in [1.29, 1.82) is 0 Å². The van der Waals surface area contributed by atoms with E-state index >= 15 is 0 Å². The SMILES string of the molecule is Cc1ccccc1OCCCC(CN)c1ccc(C(C)C)cc1. The number of hydrogen-bond donors (Lipinski definition) is 1. The largest absolute Gasteiger partial charge is 0.493 e. The Hall–Kier alpha value is -1.80. The van der Waals surface area contributed by atoms with Crippen LogP contribution in [0.4, 0.5) is 0 Å². The summed E-state index contributed by atoms with van der Waals surface area (Å²) in [6.45, 7) is 7.95. The van der Waals surface area contributed by atoms with Gasteiger partial charge in [0.1, 0.15) is 5.75 Å². The summed E-state index contributed by atoms with van der Waals surface area (Å²) < 4.78 is 5.88. The van der Waals surface area contributed by atoms with E-state index in [0.717, 1.165) is 25.2 Å². The lowest BCUT2D eigenvalue weighted by Crippen LogP contribution is -2.14. The van der Waals surface area contributed by atoms with Gasteiger partial charge in [0.2, 0.25) is 0 Å². The highest BCUT2D eigenvalue weighted by molar-refractivity contribution is 5.31. The van der Waals surface area contributed by atoms with Gasteiger partial charge in [-0.2, -0.15) is 0 Å². The van der Waals surface area contributed by atoms with Gasteiger partial charge in [-0.05, 0) is 60.9 Å². The summed E-state index contributed by atoms with van der Waals surface area (Å²) >= 11 is 0. The van der Waals surface area contributed by atoms with Crippen LogP contribution in [0, 0.1) is 6.92 Å². The monoisotopic (exact) mass is 311 g/mol. The predicted octanol–water partition coefficient (Wildman–Crippen LogP) is 5.02. The molecule has 2 N–H and O–H groups in total. The fourth-order valence-corrected chi connectivity index (χ4v) is 2.80. The fraction of sp³-hybridized carbons (Fsp3) is 0.429. The van der Waals surface area contributed by atoms with E-state index in [1.807, 2.05) is 18.2 Å². The zero-order valence-electron chi connectivity index (χ0n) is 14.6. The highest BCUT2D eigenvalue weighted by Gasteiger charge is 2.10. The van der Waals surface area contributed by atoms with Gasteiger partial charge < -0.3 is 10.5 Å². The summed E-state index contributed by atoms with van der Waals surface area (Å²) in [5.41, 5.74) is 9.89. The summed E-state index contributed by atoms with van der Waals surface area (Å²) in [4.78, 5) is 0. The Morgan fingerprint density at radius 3 is 2.22 bits per heavy atom. The van der Waals surface area contributed by atoms with Crippen LogP contribution in [0.2, 0.25) is 0 Å². The molecule has 2 heteroatoms. The van der Waals surface area contributed by atoms with Crippen molar-refractivity contribution < 1.29 is 4.74 Å². The van der Waals surface area contributed by atoms with Gasteiger partial charge in [0.25, 0.3) is 0 Å². The molecule has 0 radical (unpaired) electrons. The number of aryl methyl sites for hydroxylation is 1. The van der Waals surface area contributed by atoms with Gasteiger partial charge in [-0.15, -0.1) is 0 Å². The number of ether oxygens (including phenoxy) is 1. The Bertz CT molecular complexity index is 589. The molecule has 0 saturated heterocycles. The van der Waals surface area contributed by atoms with Gasteiger partial charge in [-0.1, -0.05) is 56.3 Å². The Morgan fingerprint density at radius 1 is 0.957 bits per heavy atom. The molecule has 1 unspecified atom stereocenters. The third-order valence-corrected chi connectivity index (χ3v) is 4.41. The third-order valence-electron chi connectivity index (χ3n) is 4.41. The molecule has 2 aromatic rings. The van der Waals surface area contributed by atoms with Crippen molar-refractivity contribution in [1.82, 2.24) is 0 Å². The summed E-state index contributed by atoms with van der Waals surface area (Å²) in [5, 5.41) is 0. The zero-order valence-corrected chi connectivity index (χ0v) is 14.6. The van der Waals surface area contributed by atoms with Crippen LogP contribution in [-0.2, 0) is 0 Å². The first-order valence-corrected chi connectivity index (χ1v) is 8.60. The summed E-state index contributed by atoms with van der Waals surface area (Å²) in [6.07, 6.45) is 2.07. The number of benzene rings is 2. The molecule has 0 saturated carbocycles. The molecule has 2 nitrogen and oxygen atoms in total. The molecule has 124 valence electrons. The first-order chi connectivity index (χ1) is 11.1. The Morgan fingerprint density at radius 2 is 1.61 bits per heavy atom. The maximum absolute atomic E-state index is 5.98. The highest BCUT2D eigenvalue weighted by atomic mass is 16.5. The third kappa shape index (κ3) is 5.11. The topological polar surface area (TPSA) is 35.2 Å². The lowest BCUT2D eigenvalue weighted by molar-refractivity contribution is 0.300. The molecular formula is C21H29NO. The van der Waals surface area contributed by atoms with Crippen LogP contribution in [0.1, 0.15) is 55.2 Å². The van der Waals surface area contributed by atoms with E-state index in [2.05, 4.69) is 51.1 Å². The maximum Gasteiger partial charge on any atom is 0.122 e. The van der Waals surface area contributed by atoms with Crippen LogP contribution in [0.3, 0.4) is 0 Å². The molecule has 0 aliphatic rings. The molecule has 0 aliphatic carbocycles. The molecule has 0 amide bonds. The van der Waals surface area contributed by atoms with Gasteiger partial charge in [0, 0.05) is 0 Å². The van der Waals surface area contributed by atoms with E-state index in [-0.39, 0.29) is 0 Å².